The molecule has 10 heteroatoms. The molecule has 0 bridgehead atoms. The van der Waals surface area contributed by atoms with Crippen molar-refractivity contribution in [3.05, 3.63) is 79.8 Å². The number of piperidine rings is 1. The monoisotopic (exact) mass is 521 g/mol. The molecule has 7 nitrogen and oxygen atoms in total. The number of sulfone groups is 1. The van der Waals surface area contributed by atoms with Crippen LogP contribution in [-0.4, -0.2) is 36.7 Å². The van der Waals surface area contributed by atoms with Gasteiger partial charge in [-0.1, -0.05) is 34.1 Å². The third-order valence-electron chi connectivity index (χ3n) is 5.32. The van der Waals surface area contributed by atoms with E-state index in [1.165, 1.54) is 23.8 Å². The van der Waals surface area contributed by atoms with Crippen molar-refractivity contribution in [2.24, 2.45) is 0 Å². The number of benzene rings is 2. The van der Waals surface area contributed by atoms with Crippen LogP contribution in [0.1, 0.15) is 24.1 Å². The van der Waals surface area contributed by atoms with E-state index >= 15 is 0 Å². The van der Waals surface area contributed by atoms with Crippen LogP contribution in [0.4, 0.5) is 10.8 Å². The van der Waals surface area contributed by atoms with Crippen molar-refractivity contribution in [1.82, 2.24) is 4.98 Å². The van der Waals surface area contributed by atoms with Gasteiger partial charge in [0.1, 0.15) is 0 Å². The Kier molecular flexibility index (Phi) is 6.40. The number of anilines is 1. The molecule has 4 rings (SSSR count). The number of aromatic nitrogens is 1. The highest BCUT2D eigenvalue weighted by Crippen LogP contribution is 2.30. The minimum atomic E-state index is -3.62. The molecule has 0 atom stereocenters. The fourth-order valence-electron chi connectivity index (χ4n) is 3.70. The Labute approximate surface area is 192 Å². The molecule has 1 fully saturated rings. The van der Waals surface area contributed by atoms with Gasteiger partial charge in [-0.25, -0.2) is 13.4 Å². The van der Waals surface area contributed by atoms with Gasteiger partial charge in [-0.15, -0.1) is 11.3 Å². The van der Waals surface area contributed by atoms with E-state index in [4.69, 9.17) is 4.98 Å². The third-order valence-corrected chi connectivity index (χ3v) is 9.03. The summed E-state index contributed by atoms with van der Waals surface area (Å²) in [5.41, 5.74) is 1.96. The molecule has 1 aliphatic rings. The summed E-state index contributed by atoms with van der Waals surface area (Å²) >= 11 is 5.05. The van der Waals surface area contributed by atoms with Crippen molar-refractivity contribution < 1.29 is 13.3 Å². The lowest BCUT2D eigenvalue weighted by Crippen LogP contribution is -2.39. The molecule has 0 radical (unpaired) electrons. The second kappa shape index (κ2) is 9.05. The lowest BCUT2D eigenvalue weighted by molar-refractivity contribution is -0.385. The second-order valence-corrected chi connectivity index (χ2v) is 11.4. The van der Waals surface area contributed by atoms with Gasteiger partial charge >= 0.3 is 0 Å². The molecule has 0 amide bonds. The van der Waals surface area contributed by atoms with Gasteiger partial charge in [0.2, 0.25) is 0 Å². The zero-order valence-corrected chi connectivity index (χ0v) is 19.7. The maximum absolute atomic E-state index is 13.0. The van der Waals surface area contributed by atoms with Gasteiger partial charge in [-0.05, 0) is 36.6 Å². The summed E-state index contributed by atoms with van der Waals surface area (Å²) in [5, 5.41) is 13.4. The molecule has 0 unspecified atom stereocenters. The Balaban J connectivity index is 1.41. The summed E-state index contributed by atoms with van der Waals surface area (Å²) in [5.74, 6) is 0. The Morgan fingerprint density at radius 1 is 1.16 bits per heavy atom. The lowest BCUT2D eigenvalue weighted by Gasteiger charge is -2.31. The average molecular weight is 522 g/mol. The number of hydrogen-bond donors (Lipinski definition) is 0. The molecule has 3 aromatic rings. The van der Waals surface area contributed by atoms with Crippen LogP contribution in [0.2, 0.25) is 0 Å². The minimum Gasteiger partial charge on any atom is -0.348 e. The van der Waals surface area contributed by atoms with Crippen LogP contribution in [0.15, 0.2) is 63.3 Å². The van der Waals surface area contributed by atoms with Gasteiger partial charge in [-0.3, -0.25) is 10.1 Å². The number of nitro benzene ring substituents is 1. The number of thiazole rings is 1. The Morgan fingerprint density at radius 3 is 2.61 bits per heavy atom. The molecule has 2 aromatic carbocycles. The van der Waals surface area contributed by atoms with Crippen LogP contribution >= 0.6 is 27.3 Å². The molecule has 1 aliphatic heterocycles. The average Bonchev–Trinajstić information content (AvgIpc) is 3.22. The summed E-state index contributed by atoms with van der Waals surface area (Å²) in [6.07, 6.45) is 1.67. The summed E-state index contributed by atoms with van der Waals surface area (Å²) in [7, 11) is -3.62. The highest BCUT2D eigenvalue weighted by molar-refractivity contribution is 9.10. The van der Waals surface area contributed by atoms with E-state index in [-0.39, 0.29) is 10.6 Å². The van der Waals surface area contributed by atoms with Gasteiger partial charge in [0.15, 0.2) is 15.0 Å². The van der Waals surface area contributed by atoms with Crippen molar-refractivity contribution in [3.8, 4) is 0 Å². The number of halogens is 1. The summed E-state index contributed by atoms with van der Waals surface area (Å²) in [4.78, 5) is 17.3. The number of nitro groups is 1. The molecule has 1 aromatic heterocycles. The lowest BCUT2D eigenvalue weighted by atomic mass is 10.1. The first-order chi connectivity index (χ1) is 14.8. The molecule has 162 valence electrons. The fourth-order valence-corrected chi connectivity index (χ4v) is 6.80. The normalized spacial score (nSPS) is 15.2. The van der Waals surface area contributed by atoms with Gasteiger partial charge in [0.25, 0.3) is 5.69 Å². The van der Waals surface area contributed by atoms with Crippen molar-refractivity contribution in [2.45, 2.75) is 29.4 Å². The van der Waals surface area contributed by atoms with Gasteiger partial charge < -0.3 is 4.90 Å². The molecule has 0 aliphatic carbocycles. The van der Waals surface area contributed by atoms with Gasteiger partial charge in [0, 0.05) is 41.5 Å². The van der Waals surface area contributed by atoms with Gasteiger partial charge in [0.05, 0.1) is 20.8 Å². The second-order valence-electron chi connectivity index (χ2n) is 7.41. The van der Waals surface area contributed by atoms with E-state index in [1.807, 2.05) is 17.5 Å². The number of hydrogen-bond acceptors (Lipinski definition) is 7. The molecule has 1 saturated heterocycles. The molecule has 0 N–H and O–H groups in total. The first-order valence-corrected chi connectivity index (χ1v) is 13.0. The SMILES string of the molecule is O=[N+]([O-])c1cccc(S(=O)(=O)C2CCN(c3nc(Cc4cccc(Br)c4)cs3)CC2)c1. The smallest absolute Gasteiger partial charge is 0.270 e. The van der Waals surface area contributed by atoms with Crippen LogP contribution in [-0.2, 0) is 16.3 Å². The van der Waals surface area contributed by atoms with E-state index in [2.05, 4.69) is 33.0 Å². The minimum absolute atomic E-state index is 0.0192. The Bertz CT molecular complexity index is 1200. The number of nitrogens with zero attached hydrogens (tertiary/aromatic N) is 3. The van der Waals surface area contributed by atoms with Crippen LogP contribution < -0.4 is 4.90 Å². The quantitative estimate of drug-likeness (QED) is 0.340. The van der Waals surface area contributed by atoms with E-state index < -0.39 is 20.0 Å². The predicted molar refractivity (Wildman–Crippen MR) is 125 cm³/mol. The van der Waals surface area contributed by atoms with E-state index in [1.54, 1.807) is 11.3 Å². The maximum atomic E-state index is 13.0. The molecule has 0 spiro atoms. The van der Waals surface area contributed by atoms with E-state index in [0.717, 1.165) is 27.8 Å². The summed E-state index contributed by atoms with van der Waals surface area (Å²) in [6, 6.07) is 13.4. The molecule has 2 heterocycles. The molecular formula is C21H20BrN3O4S2. The standard InChI is InChI=1S/C21H20BrN3O4S2/c22-16-4-1-3-15(11-16)12-17-14-30-21(23-17)24-9-7-19(8-10-24)31(28,29)20-6-2-5-18(13-20)25(26)27/h1-6,11,13-14,19H,7-10,12H2. The van der Waals surface area contributed by atoms with Gasteiger partial charge in [-0.2, -0.15) is 0 Å². The Hall–Kier alpha value is -2.30. The maximum Gasteiger partial charge on any atom is 0.270 e. The third kappa shape index (κ3) is 4.97. The van der Waals surface area contributed by atoms with E-state index in [9.17, 15) is 18.5 Å². The highest BCUT2D eigenvalue weighted by Gasteiger charge is 2.32. The predicted octanol–water partition coefficient (Wildman–Crippen LogP) is 4.85. The van der Waals surface area contributed by atoms with Crippen molar-refractivity contribution in [3.63, 3.8) is 0 Å². The van der Waals surface area contributed by atoms with Crippen LogP contribution in [0.5, 0.6) is 0 Å². The first-order valence-electron chi connectivity index (χ1n) is 9.75. The number of non-ortho nitro benzene ring substituents is 1. The molecule has 31 heavy (non-hydrogen) atoms. The van der Waals surface area contributed by atoms with Crippen molar-refractivity contribution >= 4 is 47.9 Å². The fraction of sp³-hybridized carbons (Fsp3) is 0.286. The topological polar surface area (TPSA) is 93.4 Å². The zero-order chi connectivity index (χ0) is 22.0. The number of rotatable bonds is 6. The zero-order valence-electron chi connectivity index (χ0n) is 16.5. The summed E-state index contributed by atoms with van der Waals surface area (Å²) < 4.78 is 27.0. The molecular weight excluding hydrogens is 502 g/mol. The van der Waals surface area contributed by atoms with Crippen molar-refractivity contribution in [2.75, 3.05) is 18.0 Å². The first kappa shape index (κ1) is 21.9. The van der Waals surface area contributed by atoms with E-state index in [0.29, 0.717) is 25.9 Å². The Morgan fingerprint density at radius 2 is 1.90 bits per heavy atom. The van der Waals surface area contributed by atoms with Crippen LogP contribution in [0, 0.1) is 10.1 Å². The largest absolute Gasteiger partial charge is 0.348 e. The highest BCUT2D eigenvalue weighted by atomic mass is 79.9. The van der Waals surface area contributed by atoms with Crippen molar-refractivity contribution in [1.29, 1.82) is 0 Å². The summed E-state index contributed by atoms with van der Waals surface area (Å²) in [6.45, 7) is 1.17. The van der Waals surface area contributed by atoms with Crippen LogP contribution in [0.25, 0.3) is 0 Å². The van der Waals surface area contributed by atoms with Crippen LogP contribution in [0.3, 0.4) is 0 Å². The molecule has 0 saturated carbocycles.